The highest BCUT2D eigenvalue weighted by atomic mass is 19.4. The number of carbonyl (C=O) groups excluding carboxylic acids is 1. The quantitative estimate of drug-likeness (QED) is 0.552. The van der Waals surface area contributed by atoms with Crippen molar-refractivity contribution < 1.29 is 27.4 Å². The van der Waals surface area contributed by atoms with Crippen LogP contribution in [0.4, 0.5) is 30.4 Å². The van der Waals surface area contributed by atoms with Crippen molar-refractivity contribution in [1.82, 2.24) is 9.97 Å². The number of fused-ring (bicyclic) bond motifs is 3. The van der Waals surface area contributed by atoms with Crippen LogP contribution in [0.1, 0.15) is 11.1 Å². The molecular weight excluding hydrogens is 487 g/mol. The molecule has 0 spiro atoms. The van der Waals surface area contributed by atoms with Crippen LogP contribution >= 0.6 is 0 Å². The lowest BCUT2D eigenvalue weighted by Gasteiger charge is -2.49. The van der Waals surface area contributed by atoms with Crippen molar-refractivity contribution in [1.29, 1.82) is 0 Å². The average Bonchev–Trinajstić information content (AvgIpc) is 2.91. The summed E-state index contributed by atoms with van der Waals surface area (Å²) in [7, 11) is 3.02. The van der Waals surface area contributed by atoms with Gasteiger partial charge in [-0.3, -0.25) is 9.78 Å². The van der Waals surface area contributed by atoms with Crippen molar-refractivity contribution in [2.45, 2.75) is 18.6 Å². The summed E-state index contributed by atoms with van der Waals surface area (Å²) in [5.41, 5.74) is 1.02. The number of alkyl halides is 3. The van der Waals surface area contributed by atoms with E-state index in [0.29, 0.717) is 48.2 Å². The Bertz CT molecular complexity index is 1290. The predicted octanol–water partition coefficient (Wildman–Crippen LogP) is 4.02. The zero-order chi connectivity index (χ0) is 26.2. The normalized spacial score (nSPS) is 19.1. The highest BCUT2D eigenvalue weighted by molar-refractivity contribution is 5.94. The summed E-state index contributed by atoms with van der Waals surface area (Å²) < 4.78 is 51.0. The number of rotatable bonds is 5. The first-order valence-electron chi connectivity index (χ1n) is 11.8. The van der Waals surface area contributed by atoms with Gasteiger partial charge in [0.05, 0.1) is 37.9 Å². The molecule has 1 aromatic heterocycles. The van der Waals surface area contributed by atoms with E-state index in [9.17, 15) is 18.0 Å². The number of anilines is 3. The fourth-order valence-electron chi connectivity index (χ4n) is 5.11. The third-order valence-electron chi connectivity index (χ3n) is 6.90. The third kappa shape index (κ3) is 4.85. The van der Waals surface area contributed by atoms with E-state index in [-0.39, 0.29) is 18.4 Å². The van der Waals surface area contributed by atoms with Gasteiger partial charge in [0.15, 0.2) is 11.5 Å². The van der Waals surface area contributed by atoms with E-state index in [1.54, 1.807) is 36.8 Å². The van der Waals surface area contributed by atoms with Crippen molar-refractivity contribution >= 4 is 23.1 Å². The first kappa shape index (κ1) is 24.7. The number of halogens is 3. The summed E-state index contributed by atoms with van der Waals surface area (Å²) in [6.07, 6.45) is 0.578. The number of aromatic nitrogens is 2. The van der Waals surface area contributed by atoms with Gasteiger partial charge >= 0.3 is 6.18 Å². The van der Waals surface area contributed by atoms with Gasteiger partial charge < -0.3 is 24.6 Å². The van der Waals surface area contributed by atoms with E-state index in [1.807, 2.05) is 4.90 Å². The van der Waals surface area contributed by atoms with E-state index < -0.39 is 17.7 Å². The summed E-state index contributed by atoms with van der Waals surface area (Å²) in [6, 6.07) is 8.54. The molecule has 2 aliphatic rings. The number of methoxy groups -OCH3 is 2. The van der Waals surface area contributed by atoms with Gasteiger partial charge in [-0.15, -0.1) is 0 Å². The van der Waals surface area contributed by atoms with Crippen LogP contribution in [-0.2, 0) is 17.4 Å². The van der Waals surface area contributed by atoms with Crippen molar-refractivity contribution in [3.63, 3.8) is 0 Å². The van der Waals surface area contributed by atoms with Gasteiger partial charge in [-0.1, -0.05) is 0 Å². The molecule has 0 unspecified atom stereocenters. The SMILES string of the molecule is COc1ccc(NC(=O)[C@H]2Cc3cc(C(F)(F)F)ccc3N3CCN(c4cnccn4)C[C@@H]23)cc1OC. The summed E-state index contributed by atoms with van der Waals surface area (Å²) in [5, 5.41) is 2.93. The maximum absolute atomic E-state index is 13.6. The zero-order valence-electron chi connectivity index (χ0n) is 20.3. The molecule has 3 heterocycles. The minimum atomic E-state index is -4.46. The number of hydrogen-bond donors (Lipinski definition) is 1. The Morgan fingerprint density at radius 1 is 1.05 bits per heavy atom. The maximum Gasteiger partial charge on any atom is 0.416 e. The molecule has 0 aliphatic carbocycles. The van der Waals surface area contributed by atoms with Crippen LogP contribution < -0.4 is 24.6 Å². The molecule has 1 fully saturated rings. The number of carbonyl (C=O) groups is 1. The third-order valence-corrected chi connectivity index (χ3v) is 6.90. The Morgan fingerprint density at radius 2 is 1.86 bits per heavy atom. The van der Waals surface area contributed by atoms with Crippen LogP contribution in [-0.4, -0.2) is 55.8 Å². The predicted molar refractivity (Wildman–Crippen MR) is 132 cm³/mol. The number of nitrogens with one attached hydrogen (secondary N) is 1. The van der Waals surface area contributed by atoms with Crippen LogP contribution in [0.3, 0.4) is 0 Å². The molecule has 1 amide bonds. The van der Waals surface area contributed by atoms with Gasteiger partial charge in [0.2, 0.25) is 5.91 Å². The first-order chi connectivity index (χ1) is 17.8. The van der Waals surface area contributed by atoms with Gasteiger partial charge in [0.25, 0.3) is 0 Å². The first-order valence-corrected chi connectivity index (χ1v) is 11.8. The van der Waals surface area contributed by atoms with Gasteiger partial charge in [0.1, 0.15) is 5.82 Å². The molecule has 1 saturated heterocycles. The highest BCUT2D eigenvalue weighted by Crippen LogP contribution is 2.40. The Labute approximate surface area is 212 Å². The fraction of sp³-hybridized carbons (Fsp3) is 0.346. The summed E-state index contributed by atoms with van der Waals surface area (Å²) >= 11 is 0. The van der Waals surface area contributed by atoms with Crippen LogP contribution in [0.2, 0.25) is 0 Å². The Hall–Kier alpha value is -4.02. The van der Waals surface area contributed by atoms with E-state index in [0.717, 1.165) is 17.8 Å². The number of ether oxygens (including phenoxy) is 2. The lowest BCUT2D eigenvalue weighted by atomic mass is 9.82. The standard InChI is InChI=1S/C26H26F3N5O3/c1-36-22-6-4-18(13-23(22)37-2)32-25(35)19-12-16-11-17(26(27,28)29)3-5-20(16)34-10-9-33(15-21(19)34)24-14-30-7-8-31-24/h3-8,11,13-14,19,21H,9-10,12,15H2,1-2H3,(H,32,35)/t19-,21-/m0/s1. The molecule has 194 valence electrons. The largest absolute Gasteiger partial charge is 0.493 e. The molecule has 0 radical (unpaired) electrons. The zero-order valence-corrected chi connectivity index (χ0v) is 20.3. The van der Waals surface area contributed by atoms with Crippen molar-refractivity contribution in [2.24, 2.45) is 5.92 Å². The molecule has 5 rings (SSSR count). The molecule has 0 saturated carbocycles. The minimum absolute atomic E-state index is 0.174. The Kier molecular flexibility index (Phi) is 6.53. The van der Waals surface area contributed by atoms with E-state index in [4.69, 9.17) is 9.47 Å². The smallest absolute Gasteiger partial charge is 0.416 e. The molecule has 2 aliphatic heterocycles. The lowest BCUT2D eigenvalue weighted by Crippen LogP contribution is -2.60. The number of piperazine rings is 1. The van der Waals surface area contributed by atoms with E-state index >= 15 is 0 Å². The van der Waals surface area contributed by atoms with Gasteiger partial charge in [-0.25, -0.2) is 4.98 Å². The van der Waals surface area contributed by atoms with Crippen molar-refractivity contribution in [3.05, 3.63) is 66.1 Å². The van der Waals surface area contributed by atoms with E-state index in [2.05, 4.69) is 20.2 Å². The van der Waals surface area contributed by atoms with Gasteiger partial charge in [-0.2, -0.15) is 13.2 Å². The topological polar surface area (TPSA) is 79.8 Å². The average molecular weight is 514 g/mol. The molecule has 2 atom stereocenters. The molecule has 11 heteroatoms. The number of amides is 1. The highest BCUT2D eigenvalue weighted by Gasteiger charge is 2.43. The number of benzene rings is 2. The lowest BCUT2D eigenvalue weighted by molar-refractivity contribution is -0.137. The molecular formula is C26H26F3N5O3. The summed E-state index contributed by atoms with van der Waals surface area (Å²) in [5.74, 6) is 0.774. The van der Waals surface area contributed by atoms with E-state index in [1.165, 1.54) is 20.3 Å². The maximum atomic E-state index is 13.6. The second kappa shape index (κ2) is 9.79. The molecule has 1 N–H and O–H groups in total. The molecule has 0 bridgehead atoms. The Balaban J connectivity index is 1.48. The van der Waals surface area contributed by atoms with Gasteiger partial charge in [-0.05, 0) is 42.3 Å². The minimum Gasteiger partial charge on any atom is -0.493 e. The number of nitrogens with zero attached hydrogens (tertiary/aromatic N) is 4. The summed E-state index contributed by atoms with van der Waals surface area (Å²) in [4.78, 5) is 26.3. The van der Waals surface area contributed by atoms with Crippen LogP contribution in [0.5, 0.6) is 11.5 Å². The van der Waals surface area contributed by atoms with Crippen molar-refractivity contribution in [2.75, 3.05) is 49.0 Å². The molecule has 3 aromatic rings. The second-order valence-corrected chi connectivity index (χ2v) is 8.98. The van der Waals surface area contributed by atoms with Crippen LogP contribution in [0.15, 0.2) is 55.0 Å². The van der Waals surface area contributed by atoms with Crippen molar-refractivity contribution in [3.8, 4) is 11.5 Å². The van der Waals surface area contributed by atoms with Crippen LogP contribution in [0, 0.1) is 5.92 Å². The molecule has 37 heavy (non-hydrogen) atoms. The second-order valence-electron chi connectivity index (χ2n) is 8.98. The molecule has 8 nitrogen and oxygen atoms in total. The monoisotopic (exact) mass is 513 g/mol. The van der Waals surface area contributed by atoms with Gasteiger partial charge in [0, 0.05) is 49.5 Å². The number of hydrogen-bond acceptors (Lipinski definition) is 7. The molecule has 2 aromatic carbocycles. The Morgan fingerprint density at radius 3 is 2.57 bits per heavy atom. The summed E-state index contributed by atoms with van der Waals surface area (Å²) in [6.45, 7) is 1.60. The van der Waals surface area contributed by atoms with Crippen LogP contribution in [0.25, 0.3) is 0 Å². The fourth-order valence-corrected chi connectivity index (χ4v) is 5.11.